The number of sulfone groups is 1. The minimum atomic E-state index is -3.31. The van der Waals surface area contributed by atoms with Gasteiger partial charge in [0.25, 0.3) is 11.8 Å². The first kappa shape index (κ1) is 24.6. The van der Waals surface area contributed by atoms with Crippen molar-refractivity contribution in [3.63, 3.8) is 0 Å². The van der Waals surface area contributed by atoms with E-state index in [1.807, 2.05) is 0 Å². The molecule has 3 aromatic rings. The molecule has 184 valence electrons. The third-order valence-electron chi connectivity index (χ3n) is 5.78. The second-order valence-electron chi connectivity index (χ2n) is 8.26. The van der Waals surface area contributed by atoms with Crippen molar-refractivity contribution < 1.29 is 26.4 Å². The van der Waals surface area contributed by atoms with Gasteiger partial charge in [-0.2, -0.15) is 0 Å². The zero-order chi connectivity index (χ0) is 25.2. The van der Waals surface area contributed by atoms with Crippen LogP contribution in [0.2, 0.25) is 0 Å². The predicted octanol–water partition coefficient (Wildman–Crippen LogP) is 3.93. The number of nitrogens with zero attached hydrogens (tertiary/aromatic N) is 3. The van der Waals surface area contributed by atoms with Gasteiger partial charge in [0.1, 0.15) is 5.82 Å². The molecular formula is C24H23F3N4O3S. The van der Waals surface area contributed by atoms with Gasteiger partial charge in [-0.15, -0.1) is 0 Å². The quantitative estimate of drug-likeness (QED) is 0.524. The molecule has 2 heterocycles. The average Bonchev–Trinajstić information content (AvgIpc) is 3.18. The fourth-order valence-corrected chi connectivity index (χ4v) is 4.78. The third-order valence-corrected chi connectivity index (χ3v) is 7.53. The summed E-state index contributed by atoms with van der Waals surface area (Å²) in [6, 6.07) is 10.9. The molecule has 1 amide bonds. The van der Waals surface area contributed by atoms with Crippen LogP contribution in [0.15, 0.2) is 65.8 Å². The summed E-state index contributed by atoms with van der Waals surface area (Å²) in [4.78, 5) is 22.2. The number of hydrogen-bond donors (Lipinski definition) is 1. The molecular weight excluding hydrogens is 481 g/mol. The van der Waals surface area contributed by atoms with Gasteiger partial charge in [-0.05, 0) is 35.4 Å². The molecule has 0 aliphatic carbocycles. The molecule has 1 aromatic heterocycles. The molecule has 1 N–H and O–H groups in total. The molecule has 0 saturated carbocycles. The standard InChI is InChI=1S/C24H23F3N4O3S/c1-2-35(33,34)20-8-6-16(7-9-20)12-28-22(32)18-13-29-23(30-14-18)31-15-24(26,27)11-21(31)17-4-3-5-19(25)10-17/h3-10,13-14,21H,2,11-12,15H2,1H3,(H,28,32). The van der Waals surface area contributed by atoms with Crippen molar-refractivity contribution in [2.45, 2.75) is 36.7 Å². The van der Waals surface area contributed by atoms with E-state index < -0.39 is 46.5 Å². The SMILES string of the molecule is CCS(=O)(=O)c1ccc(CNC(=O)c2cnc(N3CC(F)(F)CC3c3cccc(F)c3)nc2)cc1. The molecule has 0 radical (unpaired) electrons. The third kappa shape index (κ3) is 5.61. The number of halogens is 3. The number of carbonyl (C=O) groups excluding carboxylic acids is 1. The first-order valence-corrected chi connectivity index (χ1v) is 12.5. The Morgan fingerprint density at radius 2 is 1.83 bits per heavy atom. The molecule has 1 aliphatic heterocycles. The molecule has 1 unspecified atom stereocenters. The maximum Gasteiger partial charge on any atom is 0.267 e. The summed E-state index contributed by atoms with van der Waals surface area (Å²) in [6.45, 7) is 1.09. The van der Waals surface area contributed by atoms with E-state index >= 15 is 0 Å². The van der Waals surface area contributed by atoms with Crippen molar-refractivity contribution in [3.8, 4) is 0 Å². The molecule has 35 heavy (non-hydrogen) atoms. The van der Waals surface area contributed by atoms with E-state index in [1.54, 1.807) is 25.1 Å². The Kier molecular flexibility index (Phi) is 6.79. The molecule has 11 heteroatoms. The smallest absolute Gasteiger partial charge is 0.267 e. The van der Waals surface area contributed by atoms with Crippen LogP contribution in [0.5, 0.6) is 0 Å². The maximum atomic E-state index is 14.2. The zero-order valence-electron chi connectivity index (χ0n) is 18.8. The topological polar surface area (TPSA) is 92.3 Å². The number of hydrogen-bond acceptors (Lipinski definition) is 6. The van der Waals surface area contributed by atoms with Crippen LogP contribution in [-0.4, -0.2) is 42.5 Å². The van der Waals surface area contributed by atoms with Crippen LogP contribution in [0.4, 0.5) is 19.1 Å². The van der Waals surface area contributed by atoms with Crippen molar-refractivity contribution in [1.29, 1.82) is 0 Å². The van der Waals surface area contributed by atoms with Gasteiger partial charge in [-0.1, -0.05) is 31.2 Å². The highest BCUT2D eigenvalue weighted by molar-refractivity contribution is 7.91. The number of carbonyl (C=O) groups is 1. The Morgan fingerprint density at radius 3 is 2.46 bits per heavy atom. The fraction of sp³-hybridized carbons (Fsp3) is 0.292. The van der Waals surface area contributed by atoms with Gasteiger partial charge >= 0.3 is 0 Å². The van der Waals surface area contributed by atoms with E-state index in [9.17, 15) is 26.4 Å². The number of amides is 1. The van der Waals surface area contributed by atoms with Gasteiger partial charge in [0.15, 0.2) is 9.84 Å². The molecule has 2 aromatic carbocycles. The second kappa shape index (κ2) is 9.65. The first-order valence-electron chi connectivity index (χ1n) is 10.9. The molecule has 1 atom stereocenters. The van der Waals surface area contributed by atoms with Crippen LogP contribution in [-0.2, 0) is 16.4 Å². The lowest BCUT2D eigenvalue weighted by atomic mass is 10.0. The van der Waals surface area contributed by atoms with Gasteiger partial charge in [0, 0.05) is 25.4 Å². The van der Waals surface area contributed by atoms with E-state index in [1.165, 1.54) is 47.6 Å². The number of alkyl halides is 2. The summed E-state index contributed by atoms with van der Waals surface area (Å²) in [5.74, 6) is -3.98. The zero-order valence-corrected chi connectivity index (χ0v) is 19.6. The molecule has 1 aliphatic rings. The van der Waals surface area contributed by atoms with Crippen molar-refractivity contribution in [3.05, 3.63) is 83.4 Å². The normalized spacial score (nSPS) is 17.4. The van der Waals surface area contributed by atoms with Crippen LogP contribution < -0.4 is 10.2 Å². The Balaban J connectivity index is 1.44. The summed E-state index contributed by atoms with van der Waals surface area (Å²) >= 11 is 0. The van der Waals surface area contributed by atoms with Crippen LogP contribution in [0.1, 0.15) is 40.9 Å². The minimum Gasteiger partial charge on any atom is -0.348 e. The summed E-state index contributed by atoms with van der Waals surface area (Å²) in [6.07, 6.45) is 1.99. The lowest BCUT2D eigenvalue weighted by molar-refractivity contribution is 0.0222. The number of aromatic nitrogens is 2. The lowest BCUT2D eigenvalue weighted by Gasteiger charge is -2.24. The summed E-state index contributed by atoms with van der Waals surface area (Å²) in [5.41, 5.74) is 1.22. The van der Waals surface area contributed by atoms with E-state index in [4.69, 9.17) is 0 Å². The number of benzene rings is 2. The molecule has 0 bridgehead atoms. The summed E-state index contributed by atoms with van der Waals surface area (Å²) in [7, 11) is -3.31. The van der Waals surface area contributed by atoms with Gasteiger partial charge in [-0.3, -0.25) is 4.79 Å². The number of nitrogens with one attached hydrogen (secondary N) is 1. The molecule has 4 rings (SSSR count). The lowest BCUT2D eigenvalue weighted by Crippen LogP contribution is -2.29. The van der Waals surface area contributed by atoms with Crippen LogP contribution >= 0.6 is 0 Å². The molecule has 1 fully saturated rings. The van der Waals surface area contributed by atoms with Crippen molar-refractivity contribution >= 4 is 21.7 Å². The van der Waals surface area contributed by atoms with Gasteiger partial charge in [0.2, 0.25) is 5.95 Å². The van der Waals surface area contributed by atoms with E-state index in [2.05, 4.69) is 15.3 Å². The summed E-state index contributed by atoms with van der Waals surface area (Å²) < 4.78 is 65.9. The maximum absolute atomic E-state index is 14.2. The predicted molar refractivity (Wildman–Crippen MR) is 123 cm³/mol. The van der Waals surface area contributed by atoms with E-state index in [-0.39, 0.29) is 28.7 Å². The Morgan fingerprint density at radius 1 is 1.14 bits per heavy atom. The Hall–Kier alpha value is -3.47. The van der Waals surface area contributed by atoms with Crippen LogP contribution in [0.3, 0.4) is 0 Å². The number of anilines is 1. The average molecular weight is 505 g/mol. The number of rotatable bonds is 7. The highest BCUT2D eigenvalue weighted by Gasteiger charge is 2.46. The van der Waals surface area contributed by atoms with Crippen molar-refractivity contribution in [1.82, 2.24) is 15.3 Å². The summed E-state index contributed by atoms with van der Waals surface area (Å²) in [5, 5.41) is 2.69. The Labute approximate surface area is 200 Å². The van der Waals surface area contributed by atoms with Crippen molar-refractivity contribution in [2.24, 2.45) is 0 Å². The minimum absolute atomic E-state index is 0.00285. The monoisotopic (exact) mass is 504 g/mol. The highest BCUT2D eigenvalue weighted by atomic mass is 32.2. The fourth-order valence-electron chi connectivity index (χ4n) is 3.89. The largest absolute Gasteiger partial charge is 0.348 e. The van der Waals surface area contributed by atoms with E-state index in [0.29, 0.717) is 11.1 Å². The molecule has 7 nitrogen and oxygen atoms in total. The van der Waals surface area contributed by atoms with Crippen LogP contribution in [0.25, 0.3) is 0 Å². The first-order chi connectivity index (χ1) is 16.6. The van der Waals surface area contributed by atoms with Gasteiger partial charge in [-0.25, -0.2) is 31.6 Å². The van der Waals surface area contributed by atoms with E-state index in [0.717, 1.165) is 0 Å². The van der Waals surface area contributed by atoms with Crippen molar-refractivity contribution in [2.75, 3.05) is 17.2 Å². The molecule has 1 saturated heterocycles. The second-order valence-corrected chi connectivity index (χ2v) is 10.5. The molecule has 0 spiro atoms. The Bertz CT molecular complexity index is 1320. The van der Waals surface area contributed by atoms with Crippen LogP contribution in [0, 0.1) is 5.82 Å². The highest BCUT2D eigenvalue weighted by Crippen LogP contribution is 2.42. The van der Waals surface area contributed by atoms with Gasteiger partial charge < -0.3 is 10.2 Å². The van der Waals surface area contributed by atoms with Gasteiger partial charge in [0.05, 0.1) is 28.8 Å².